The van der Waals surface area contributed by atoms with E-state index in [4.69, 9.17) is 21.0 Å². The van der Waals surface area contributed by atoms with Gasteiger partial charge in [0.1, 0.15) is 10.6 Å². The predicted octanol–water partition coefficient (Wildman–Crippen LogP) is 6.92. The van der Waals surface area contributed by atoms with Crippen LogP contribution in [0, 0.1) is 6.92 Å². The molecule has 0 aliphatic rings. The van der Waals surface area contributed by atoms with Crippen LogP contribution in [-0.2, 0) is 0 Å². The Bertz CT molecular complexity index is 1370. The van der Waals surface area contributed by atoms with E-state index in [0.717, 1.165) is 21.5 Å². The van der Waals surface area contributed by atoms with Crippen molar-refractivity contribution in [2.75, 3.05) is 5.32 Å². The Balaban J connectivity index is 1.36. The van der Waals surface area contributed by atoms with Crippen LogP contribution in [0.3, 0.4) is 0 Å². The zero-order valence-corrected chi connectivity index (χ0v) is 17.0. The fourth-order valence-electron chi connectivity index (χ4n) is 3.17. The smallest absolute Gasteiger partial charge is 0.291 e. The Morgan fingerprint density at radius 3 is 2.69 bits per heavy atom. The first kappa shape index (κ1) is 17.9. The van der Waals surface area contributed by atoms with Gasteiger partial charge in [-0.15, -0.1) is 11.3 Å². The lowest BCUT2D eigenvalue weighted by Gasteiger charge is -2.04. The minimum atomic E-state index is -0.305. The van der Waals surface area contributed by atoms with Crippen molar-refractivity contribution in [3.05, 3.63) is 83.1 Å². The van der Waals surface area contributed by atoms with Gasteiger partial charge in [-0.2, -0.15) is 0 Å². The highest BCUT2D eigenvalue weighted by Gasteiger charge is 2.13. The quantitative estimate of drug-likeness (QED) is 0.346. The third-order valence-corrected chi connectivity index (χ3v) is 5.94. The maximum absolute atomic E-state index is 12.5. The van der Waals surface area contributed by atoms with Crippen LogP contribution < -0.4 is 5.32 Å². The van der Waals surface area contributed by atoms with Crippen LogP contribution in [0.4, 0.5) is 5.69 Å². The molecule has 1 N–H and O–H groups in total. The Morgan fingerprint density at radius 2 is 1.86 bits per heavy atom. The second-order valence-electron chi connectivity index (χ2n) is 6.81. The zero-order chi connectivity index (χ0) is 20.0. The number of benzene rings is 3. The molecule has 2 aromatic heterocycles. The molecule has 6 heteroatoms. The molecule has 0 aliphatic heterocycles. The molecule has 29 heavy (non-hydrogen) atoms. The van der Waals surface area contributed by atoms with Gasteiger partial charge in [-0.05, 0) is 73.2 Å². The van der Waals surface area contributed by atoms with Crippen LogP contribution >= 0.6 is 22.9 Å². The van der Waals surface area contributed by atoms with E-state index >= 15 is 0 Å². The summed E-state index contributed by atoms with van der Waals surface area (Å²) in [4.78, 5) is 17.2. The van der Waals surface area contributed by atoms with E-state index in [9.17, 15) is 4.79 Å². The molecule has 0 bridgehead atoms. The summed E-state index contributed by atoms with van der Waals surface area (Å²) in [6.45, 7) is 2.08. The summed E-state index contributed by atoms with van der Waals surface area (Å²) in [7, 11) is 0. The molecule has 0 radical (unpaired) electrons. The number of thiazole rings is 1. The molecule has 0 spiro atoms. The van der Waals surface area contributed by atoms with E-state index < -0.39 is 0 Å². The number of furan rings is 1. The molecule has 1 amide bonds. The third kappa shape index (κ3) is 3.50. The summed E-state index contributed by atoms with van der Waals surface area (Å²) in [6, 6.07) is 20.8. The van der Waals surface area contributed by atoms with Gasteiger partial charge < -0.3 is 9.73 Å². The van der Waals surface area contributed by atoms with Gasteiger partial charge in [-0.1, -0.05) is 17.7 Å². The third-order valence-electron chi connectivity index (χ3n) is 4.64. The second kappa shape index (κ2) is 7.03. The van der Waals surface area contributed by atoms with Gasteiger partial charge >= 0.3 is 0 Å². The number of anilines is 1. The molecular formula is C23H15ClN2O2S. The molecule has 0 fully saturated rings. The lowest BCUT2D eigenvalue weighted by molar-refractivity contribution is 0.0998. The summed E-state index contributed by atoms with van der Waals surface area (Å²) in [6.07, 6.45) is 0. The zero-order valence-electron chi connectivity index (χ0n) is 15.4. The predicted molar refractivity (Wildman–Crippen MR) is 119 cm³/mol. The summed E-state index contributed by atoms with van der Waals surface area (Å²) < 4.78 is 6.78. The number of nitrogens with zero attached hydrogens (tertiary/aromatic N) is 1. The Hall–Kier alpha value is -3.15. The highest BCUT2D eigenvalue weighted by molar-refractivity contribution is 7.21. The Kier molecular flexibility index (Phi) is 4.34. The number of nitrogens with one attached hydrogen (secondary N) is 1. The molecule has 0 atom stereocenters. The standard InChI is InChI=1S/C23H15ClN2O2S/c1-13-2-8-18-21(10-13)29-23(26-18)14-3-6-17(7-4-14)25-22(27)20-12-15-11-16(24)5-9-19(15)28-20/h2-12H,1H3,(H,25,27). The molecular weight excluding hydrogens is 404 g/mol. The number of aryl methyl sites for hydroxylation is 1. The monoisotopic (exact) mass is 418 g/mol. The van der Waals surface area contributed by atoms with Crippen molar-refractivity contribution in [3.63, 3.8) is 0 Å². The van der Waals surface area contributed by atoms with Crippen molar-refractivity contribution in [2.24, 2.45) is 0 Å². The van der Waals surface area contributed by atoms with Gasteiger partial charge in [0.25, 0.3) is 5.91 Å². The fraction of sp³-hybridized carbons (Fsp3) is 0.0435. The van der Waals surface area contributed by atoms with Gasteiger partial charge in [0.2, 0.25) is 0 Å². The number of carbonyl (C=O) groups is 1. The SMILES string of the molecule is Cc1ccc2nc(-c3ccc(NC(=O)c4cc5cc(Cl)ccc5o4)cc3)sc2c1. The maximum Gasteiger partial charge on any atom is 0.291 e. The number of aromatic nitrogens is 1. The highest BCUT2D eigenvalue weighted by atomic mass is 35.5. The average molecular weight is 419 g/mol. The minimum absolute atomic E-state index is 0.243. The van der Waals surface area contributed by atoms with Crippen LogP contribution in [0.15, 0.2) is 71.1 Å². The number of rotatable bonds is 3. The van der Waals surface area contributed by atoms with Gasteiger partial charge in [0, 0.05) is 21.7 Å². The van der Waals surface area contributed by atoms with Crippen molar-refractivity contribution in [1.82, 2.24) is 4.98 Å². The number of hydrogen-bond donors (Lipinski definition) is 1. The molecule has 4 nitrogen and oxygen atoms in total. The molecule has 0 aliphatic carbocycles. The highest BCUT2D eigenvalue weighted by Crippen LogP contribution is 2.31. The molecule has 5 aromatic rings. The lowest BCUT2D eigenvalue weighted by Crippen LogP contribution is -2.10. The van der Waals surface area contributed by atoms with Crippen LogP contribution in [0.5, 0.6) is 0 Å². The van der Waals surface area contributed by atoms with Crippen molar-refractivity contribution in [2.45, 2.75) is 6.92 Å². The first-order valence-corrected chi connectivity index (χ1v) is 10.2. The first-order chi connectivity index (χ1) is 14.0. The van der Waals surface area contributed by atoms with Gasteiger partial charge in [0.15, 0.2) is 5.76 Å². The molecule has 142 valence electrons. The summed E-state index contributed by atoms with van der Waals surface area (Å²) in [5.74, 6) is -0.0616. The number of fused-ring (bicyclic) bond motifs is 2. The molecule has 0 saturated heterocycles. The van der Waals surface area contributed by atoms with Crippen LogP contribution in [0.2, 0.25) is 5.02 Å². The maximum atomic E-state index is 12.5. The van der Waals surface area contributed by atoms with Crippen LogP contribution in [0.25, 0.3) is 31.8 Å². The second-order valence-corrected chi connectivity index (χ2v) is 8.28. The lowest BCUT2D eigenvalue weighted by atomic mass is 10.2. The van der Waals surface area contributed by atoms with Crippen molar-refractivity contribution in [3.8, 4) is 10.6 Å². The van der Waals surface area contributed by atoms with Crippen molar-refractivity contribution >= 4 is 55.7 Å². The van der Waals surface area contributed by atoms with E-state index in [0.29, 0.717) is 16.3 Å². The number of hydrogen-bond acceptors (Lipinski definition) is 4. The number of halogens is 1. The molecule has 5 rings (SSSR count). The van der Waals surface area contributed by atoms with Gasteiger partial charge in [-0.25, -0.2) is 4.98 Å². The average Bonchev–Trinajstić information content (AvgIpc) is 3.31. The fourth-order valence-corrected chi connectivity index (χ4v) is 4.42. The number of amides is 1. The van der Waals surface area contributed by atoms with Crippen LogP contribution in [0.1, 0.15) is 16.1 Å². The summed E-state index contributed by atoms with van der Waals surface area (Å²) in [5.41, 5.74) is 4.55. The first-order valence-electron chi connectivity index (χ1n) is 9.03. The number of carbonyl (C=O) groups excluding carboxylic acids is 1. The molecule has 2 heterocycles. The molecule has 0 unspecified atom stereocenters. The Morgan fingerprint density at radius 1 is 1.03 bits per heavy atom. The molecule has 0 saturated carbocycles. The van der Waals surface area contributed by atoms with E-state index in [1.54, 1.807) is 35.6 Å². The molecule has 3 aromatic carbocycles. The topological polar surface area (TPSA) is 55.1 Å². The summed E-state index contributed by atoms with van der Waals surface area (Å²) >= 11 is 7.65. The minimum Gasteiger partial charge on any atom is -0.451 e. The van der Waals surface area contributed by atoms with E-state index in [1.807, 2.05) is 30.3 Å². The van der Waals surface area contributed by atoms with Gasteiger partial charge in [-0.3, -0.25) is 4.79 Å². The van der Waals surface area contributed by atoms with Crippen LogP contribution in [-0.4, -0.2) is 10.9 Å². The normalized spacial score (nSPS) is 11.2. The summed E-state index contributed by atoms with van der Waals surface area (Å²) in [5, 5.41) is 5.22. The van der Waals surface area contributed by atoms with Crippen molar-refractivity contribution in [1.29, 1.82) is 0 Å². The van der Waals surface area contributed by atoms with E-state index in [1.165, 1.54) is 10.3 Å². The van der Waals surface area contributed by atoms with E-state index in [-0.39, 0.29) is 11.7 Å². The van der Waals surface area contributed by atoms with E-state index in [2.05, 4.69) is 24.4 Å². The van der Waals surface area contributed by atoms with Crippen molar-refractivity contribution < 1.29 is 9.21 Å². The Labute approximate surface area is 175 Å². The van der Waals surface area contributed by atoms with Gasteiger partial charge in [0.05, 0.1) is 10.2 Å². The largest absolute Gasteiger partial charge is 0.451 e.